The molecule has 1 saturated carbocycles. The fourth-order valence-corrected chi connectivity index (χ4v) is 5.01. The summed E-state index contributed by atoms with van der Waals surface area (Å²) in [4.78, 5) is 22.8. The fourth-order valence-electron chi connectivity index (χ4n) is 4.85. The lowest BCUT2D eigenvalue weighted by Gasteiger charge is -2.29. The molecule has 0 spiro atoms. The molecule has 1 saturated heterocycles. The zero-order chi connectivity index (χ0) is 24.3. The molecule has 7 nitrogen and oxygen atoms in total. The lowest BCUT2D eigenvalue weighted by atomic mass is 9.89. The molecule has 1 aliphatic heterocycles. The summed E-state index contributed by atoms with van der Waals surface area (Å²) in [6, 6.07) is 6.81. The molecule has 3 aromatic heterocycles. The van der Waals surface area contributed by atoms with Gasteiger partial charge in [0.2, 0.25) is 0 Å². The Morgan fingerprint density at radius 3 is 2.77 bits per heavy atom. The molecule has 0 bridgehead atoms. The van der Waals surface area contributed by atoms with Crippen LogP contribution in [0.3, 0.4) is 0 Å². The summed E-state index contributed by atoms with van der Waals surface area (Å²) in [5.74, 6) is 0.130. The standard InChI is InChI=1S/C26H25ClFN5O2/c1-14-30-22-11-21(15-7-8-35-23(9-15)16-12-29-33(13-16)18-4-5-18)31-25(24(22)26(34)32(14)2)19-6-3-17(27)10-20(19)28/h3,6,10-13,15,18,23H,4-5,7-9H2,1-2H3/t15?,23-/m1/s1. The van der Waals surface area contributed by atoms with E-state index >= 15 is 4.39 Å². The maximum absolute atomic E-state index is 15.0. The van der Waals surface area contributed by atoms with E-state index in [0.29, 0.717) is 35.1 Å². The van der Waals surface area contributed by atoms with Crippen LogP contribution in [0.15, 0.2) is 41.5 Å². The van der Waals surface area contributed by atoms with E-state index in [1.165, 1.54) is 23.5 Å². The Labute approximate surface area is 206 Å². The highest BCUT2D eigenvalue weighted by Crippen LogP contribution is 2.40. The number of aryl methyl sites for hydroxylation is 1. The van der Waals surface area contributed by atoms with Gasteiger partial charge in [-0.2, -0.15) is 5.10 Å². The van der Waals surface area contributed by atoms with Crippen molar-refractivity contribution in [1.82, 2.24) is 24.3 Å². The van der Waals surface area contributed by atoms with Crippen LogP contribution in [0.1, 0.15) is 60.8 Å². The van der Waals surface area contributed by atoms with Gasteiger partial charge in [-0.05, 0) is 56.9 Å². The number of fused-ring (bicyclic) bond motifs is 1. The summed E-state index contributed by atoms with van der Waals surface area (Å²) >= 11 is 5.99. The van der Waals surface area contributed by atoms with Gasteiger partial charge in [-0.15, -0.1) is 0 Å². The Hall–Kier alpha value is -3.10. The largest absolute Gasteiger partial charge is 0.373 e. The summed E-state index contributed by atoms with van der Waals surface area (Å²) in [6.07, 6.45) is 7.73. The van der Waals surface area contributed by atoms with Crippen molar-refractivity contribution in [3.8, 4) is 11.3 Å². The Balaban J connectivity index is 1.45. The van der Waals surface area contributed by atoms with Gasteiger partial charge in [0.25, 0.3) is 5.56 Å². The number of aromatic nitrogens is 5. The lowest BCUT2D eigenvalue weighted by molar-refractivity contribution is 0.00462. The average Bonchev–Trinajstić information content (AvgIpc) is 3.58. The Morgan fingerprint density at radius 2 is 2.00 bits per heavy atom. The third-order valence-corrected chi connectivity index (χ3v) is 7.34. The van der Waals surface area contributed by atoms with Gasteiger partial charge in [-0.1, -0.05) is 11.6 Å². The van der Waals surface area contributed by atoms with Crippen molar-refractivity contribution in [2.45, 2.75) is 50.7 Å². The zero-order valence-electron chi connectivity index (χ0n) is 19.5. The molecule has 2 fully saturated rings. The van der Waals surface area contributed by atoms with E-state index in [0.717, 1.165) is 24.1 Å². The molecular formula is C26H25ClFN5O2. The van der Waals surface area contributed by atoms with Crippen LogP contribution in [-0.2, 0) is 11.8 Å². The first-order chi connectivity index (χ1) is 16.9. The Kier molecular flexibility index (Phi) is 5.45. The SMILES string of the molecule is Cc1nc2cc(C3CCO[C@@H](c4cnn(C5CC5)c4)C3)nc(-c3ccc(Cl)cc3F)c2c(=O)n1C. The van der Waals surface area contributed by atoms with Crippen LogP contribution in [0.2, 0.25) is 5.02 Å². The van der Waals surface area contributed by atoms with Crippen molar-refractivity contribution in [3.05, 3.63) is 74.9 Å². The molecule has 4 aromatic rings. The van der Waals surface area contributed by atoms with E-state index in [1.807, 2.05) is 16.9 Å². The molecule has 1 aliphatic carbocycles. The summed E-state index contributed by atoms with van der Waals surface area (Å²) in [6.45, 7) is 2.36. The van der Waals surface area contributed by atoms with Crippen molar-refractivity contribution in [1.29, 1.82) is 0 Å². The van der Waals surface area contributed by atoms with Crippen molar-refractivity contribution >= 4 is 22.5 Å². The lowest BCUT2D eigenvalue weighted by Crippen LogP contribution is -2.23. The highest BCUT2D eigenvalue weighted by Gasteiger charge is 2.30. The summed E-state index contributed by atoms with van der Waals surface area (Å²) in [7, 11) is 1.66. The van der Waals surface area contributed by atoms with E-state index in [9.17, 15) is 4.79 Å². The normalized spacial score (nSPS) is 20.5. The minimum absolute atomic E-state index is 0.0719. The van der Waals surface area contributed by atoms with Gasteiger partial charge in [0.15, 0.2) is 0 Å². The van der Waals surface area contributed by atoms with E-state index in [4.69, 9.17) is 21.3 Å². The molecule has 180 valence electrons. The van der Waals surface area contributed by atoms with Crippen molar-refractivity contribution < 1.29 is 9.13 Å². The molecular weight excluding hydrogens is 469 g/mol. The Bertz CT molecular complexity index is 1510. The highest BCUT2D eigenvalue weighted by molar-refractivity contribution is 6.30. The number of pyridine rings is 1. The van der Waals surface area contributed by atoms with Gasteiger partial charge in [0.05, 0.1) is 34.9 Å². The highest BCUT2D eigenvalue weighted by atomic mass is 35.5. The second-order valence-corrected chi connectivity index (χ2v) is 9.94. The molecule has 0 radical (unpaired) electrons. The average molecular weight is 494 g/mol. The molecule has 2 aliphatic rings. The monoisotopic (exact) mass is 493 g/mol. The molecule has 35 heavy (non-hydrogen) atoms. The van der Waals surface area contributed by atoms with Gasteiger partial charge >= 0.3 is 0 Å². The van der Waals surface area contributed by atoms with E-state index in [-0.39, 0.29) is 28.2 Å². The second-order valence-electron chi connectivity index (χ2n) is 9.50. The topological polar surface area (TPSA) is 74.8 Å². The number of ether oxygens (including phenoxy) is 1. The zero-order valence-corrected chi connectivity index (χ0v) is 20.3. The molecule has 6 rings (SSSR count). The second kappa shape index (κ2) is 8.53. The van der Waals surface area contributed by atoms with Crippen molar-refractivity contribution in [2.24, 2.45) is 7.05 Å². The van der Waals surface area contributed by atoms with Crippen LogP contribution in [0.25, 0.3) is 22.2 Å². The Morgan fingerprint density at radius 1 is 1.17 bits per heavy atom. The number of hydrogen-bond donors (Lipinski definition) is 0. The fraction of sp³-hybridized carbons (Fsp3) is 0.385. The van der Waals surface area contributed by atoms with Crippen LogP contribution >= 0.6 is 11.6 Å². The summed E-state index contributed by atoms with van der Waals surface area (Å²) < 4.78 is 24.6. The molecule has 0 N–H and O–H groups in total. The molecule has 2 atom stereocenters. The predicted octanol–water partition coefficient (Wildman–Crippen LogP) is 5.26. The molecule has 1 unspecified atom stereocenters. The molecule has 4 heterocycles. The van der Waals surface area contributed by atoms with Crippen molar-refractivity contribution in [2.75, 3.05) is 6.61 Å². The van der Waals surface area contributed by atoms with Gasteiger partial charge in [-0.3, -0.25) is 19.0 Å². The van der Waals surface area contributed by atoms with E-state index < -0.39 is 5.82 Å². The number of benzene rings is 1. The van der Waals surface area contributed by atoms with Gasteiger partial charge < -0.3 is 4.74 Å². The predicted molar refractivity (Wildman–Crippen MR) is 131 cm³/mol. The first-order valence-corrected chi connectivity index (χ1v) is 12.3. The summed E-state index contributed by atoms with van der Waals surface area (Å²) in [5.41, 5.74) is 2.64. The van der Waals surface area contributed by atoms with Crippen molar-refractivity contribution in [3.63, 3.8) is 0 Å². The van der Waals surface area contributed by atoms with Gasteiger partial charge in [-0.25, -0.2) is 9.37 Å². The first kappa shape index (κ1) is 22.4. The third-order valence-electron chi connectivity index (χ3n) is 7.11. The molecule has 0 amide bonds. The maximum atomic E-state index is 15.0. The molecule has 1 aromatic carbocycles. The van der Waals surface area contributed by atoms with Gasteiger partial charge in [0, 0.05) is 47.6 Å². The number of hydrogen-bond acceptors (Lipinski definition) is 5. The minimum Gasteiger partial charge on any atom is -0.373 e. The minimum atomic E-state index is -0.525. The maximum Gasteiger partial charge on any atom is 0.263 e. The van der Waals surface area contributed by atoms with Crippen LogP contribution in [0, 0.1) is 12.7 Å². The number of nitrogens with zero attached hydrogens (tertiary/aromatic N) is 5. The summed E-state index contributed by atoms with van der Waals surface area (Å²) in [5, 5.41) is 5.10. The van der Waals surface area contributed by atoms with Crippen LogP contribution < -0.4 is 5.56 Å². The van der Waals surface area contributed by atoms with Crippen LogP contribution in [0.4, 0.5) is 4.39 Å². The number of rotatable bonds is 4. The molecule has 9 heteroatoms. The third kappa shape index (κ3) is 4.04. The first-order valence-electron chi connectivity index (χ1n) is 11.9. The number of halogens is 2. The van der Waals surface area contributed by atoms with Gasteiger partial charge in [0.1, 0.15) is 11.6 Å². The van der Waals surface area contributed by atoms with Crippen LogP contribution in [-0.4, -0.2) is 30.9 Å². The van der Waals surface area contributed by atoms with E-state index in [2.05, 4.69) is 16.3 Å². The van der Waals surface area contributed by atoms with Crippen LogP contribution in [0.5, 0.6) is 0 Å². The quantitative estimate of drug-likeness (QED) is 0.387. The van der Waals surface area contributed by atoms with E-state index in [1.54, 1.807) is 26.1 Å². The smallest absolute Gasteiger partial charge is 0.263 e.